The number of fused-ring (bicyclic) bond motifs is 1. The Labute approximate surface area is 127 Å². The van der Waals surface area contributed by atoms with E-state index in [1.165, 1.54) is 13.4 Å². The molecule has 0 unspecified atom stereocenters. The van der Waals surface area contributed by atoms with Crippen LogP contribution >= 0.6 is 0 Å². The zero-order valence-electron chi connectivity index (χ0n) is 12.2. The van der Waals surface area contributed by atoms with E-state index in [4.69, 9.17) is 9.47 Å². The van der Waals surface area contributed by atoms with Crippen molar-refractivity contribution in [3.05, 3.63) is 59.9 Å². The van der Waals surface area contributed by atoms with Crippen molar-refractivity contribution < 1.29 is 14.3 Å². The minimum atomic E-state index is -0.408. The zero-order valence-corrected chi connectivity index (χ0v) is 12.2. The van der Waals surface area contributed by atoms with Crippen molar-refractivity contribution in [2.75, 3.05) is 7.11 Å². The lowest BCUT2D eigenvalue weighted by Crippen LogP contribution is -2.01. The van der Waals surface area contributed by atoms with Gasteiger partial charge in [0.05, 0.1) is 23.6 Å². The van der Waals surface area contributed by atoms with Crippen LogP contribution in [0.25, 0.3) is 10.9 Å². The molecule has 0 saturated heterocycles. The van der Waals surface area contributed by atoms with Gasteiger partial charge in [-0.3, -0.25) is 0 Å². The van der Waals surface area contributed by atoms with E-state index in [-0.39, 0.29) is 0 Å². The van der Waals surface area contributed by atoms with Gasteiger partial charge in [-0.05, 0) is 36.8 Å². The standard InChI is InChI=1S/C17H14N2O3/c1-11-5-3-8-14-15(11)16(19-10-18-14)22-13-7-4-6-12(9-13)17(20)21-2/h3-10H,1-2H3. The van der Waals surface area contributed by atoms with E-state index in [0.29, 0.717) is 17.2 Å². The van der Waals surface area contributed by atoms with Gasteiger partial charge in [0, 0.05) is 0 Å². The van der Waals surface area contributed by atoms with Crippen LogP contribution in [0, 0.1) is 6.92 Å². The van der Waals surface area contributed by atoms with Gasteiger partial charge >= 0.3 is 5.97 Å². The Kier molecular flexibility index (Phi) is 3.70. The summed E-state index contributed by atoms with van der Waals surface area (Å²) in [6.45, 7) is 1.98. The smallest absolute Gasteiger partial charge is 0.337 e. The second-order valence-electron chi connectivity index (χ2n) is 4.77. The SMILES string of the molecule is COC(=O)c1cccc(Oc2ncnc3cccc(C)c23)c1. The zero-order chi connectivity index (χ0) is 15.5. The molecule has 0 fully saturated rings. The van der Waals surface area contributed by atoms with E-state index in [1.54, 1.807) is 24.3 Å². The molecule has 1 heterocycles. The number of aromatic nitrogens is 2. The van der Waals surface area contributed by atoms with Crippen LogP contribution < -0.4 is 4.74 Å². The quantitative estimate of drug-likeness (QED) is 0.692. The van der Waals surface area contributed by atoms with E-state index in [9.17, 15) is 4.79 Å². The Balaban J connectivity index is 2.02. The van der Waals surface area contributed by atoms with Crippen LogP contribution in [0.2, 0.25) is 0 Å². The van der Waals surface area contributed by atoms with Gasteiger partial charge in [0.2, 0.25) is 5.88 Å². The predicted molar refractivity (Wildman–Crippen MR) is 82.1 cm³/mol. The van der Waals surface area contributed by atoms with Crippen molar-refractivity contribution in [2.45, 2.75) is 6.92 Å². The average Bonchev–Trinajstić information content (AvgIpc) is 2.55. The minimum Gasteiger partial charge on any atom is -0.465 e. The van der Waals surface area contributed by atoms with Crippen LogP contribution in [0.5, 0.6) is 11.6 Å². The van der Waals surface area contributed by atoms with Gasteiger partial charge in [-0.15, -0.1) is 0 Å². The number of nitrogens with zero attached hydrogens (tertiary/aromatic N) is 2. The predicted octanol–water partition coefficient (Wildman–Crippen LogP) is 3.52. The van der Waals surface area contributed by atoms with Crippen LogP contribution in [0.3, 0.4) is 0 Å². The first-order valence-corrected chi connectivity index (χ1v) is 6.75. The Morgan fingerprint density at radius 1 is 1.09 bits per heavy atom. The third-order valence-corrected chi connectivity index (χ3v) is 3.31. The lowest BCUT2D eigenvalue weighted by Gasteiger charge is -2.09. The normalized spacial score (nSPS) is 10.5. The Morgan fingerprint density at radius 3 is 2.73 bits per heavy atom. The molecule has 0 amide bonds. The third kappa shape index (κ3) is 2.61. The number of carbonyl (C=O) groups excluding carboxylic acids is 1. The summed E-state index contributed by atoms with van der Waals surface area (Å²) < 4.78 is 10.6. The van der Waals surface area contributed by atoms with Gasteiger partial charge in [-0.2, -0.15) is 0 Å². The molecule has 5 heteroatoms. The summed E-state index contributed by atoms with van der Waals surface area (Å²) in [5.41, 5.74) is 2.27. The van der Waals surface area contributed by atoms with Crippen LogP contribution in [0.1, 0.15) is 15.9 Å². The van der Waals surface area contributed by atoms with Gasteiger partial charge in [-0.1, -0.05) is 18.2 Å². The van der Waals surface area contributed by atoms with Crippen molar-refractivity contribution in [1.29, 1.82) is 0 Å². The summed E-state index contributed by atoms with van der Waals surface area (Å²) in [6.07, 6.45) is 1.46. The topological polar surface area (TPSA) is 61.3 Å². The maximum Gasteiger partial charge on any atom is 0.337 e. The molecule has 110 valence electrons. The molecule has 0 radical (unpaired) electrons. The van der Waals surface area contributed by atoms with Crippen LogP contribution in [0.15, 0.2) is 48.8 Å². The molecule has 0 N–H and O–H groups in total. The Morgan fingerprint density at radius 2 is 1.91 bits per heavy atom. The molecule has 1 aromatic heterocycles. The van der Waals surface area contributed by atoms with Crippen molar-refractivity contribution in [2.24, 2.45) is 0 Å². The molecule has 0 aliphatic carbocycles. The minimum absolute atomic E-state index is 0.408. The average molecular weight is 294 g/mol. The number of rotatable bonds is 3. The monoisotopic (exact) mass is 294 g/mol. The summed E-state index contributed by atoms with van der Waals surface area (Å²) in [4.78, 5) is 20.0. The summed E-state index contributed by atoms with van der Waals surface area (Å²) in [5, 5.41) is 0.855. The first-order valence-electron chi connectivity index (χ1n) is 6.75. The van der Waals surface area contributed by atoms with E-state index < -0.39 is 5.97 Å². The molecule has 3 aromatic rings. The fourth-order valence-corrected chi connectivity index (χ4v) is 2.24. The molecular formula is C17H14N2O3. The van der Waals surface area contributed by atoms with Crippen molar-refractivity contribution in [3.8, 4) is 11.6 Å². The molecule has 0 aliphatic rings. The van der Waals surface area contributed by atoms with Crippen LogP contribution in [-0.4, -0.2) is 23.0 Å². The van der Waals surface area contributed by atoms with Gasteiger partial charge in [0.25, 0.3) is 0 Å². The van der Waals surface area contributed by atoms with Crippen LogP contribution in [0.4, 0.5) is 0 Å². The molecule has 0 bridgehead atoms. The molecule has 0 spiro atoms. The number of hydrogen-bond donors (Lipinski definition) is 0. The maximum absolute atomic E-state index is 11.6. The highest BCUT2D eigenvalue weighted by Crippen LogP contribution is 2.29. The Hall–Kier alpha value is -2.95. The second-order valence-corrected chi connectivity index (χ2v) is 4.77. The number of hydrogen-bond acceptors (Lipinski definition) is 5. The van der Waals surface area contributed by atoms with Crippen molar-refractivity contribution in [3.63, 3.8) is 0 Å². The van der Waals surface area contributed by atoms with Gasteiger partial charge in [-0.25, -0.2) is 14.8 Å². The third-order valence-electron chi connectivity index (χ3n) is 3.31. The molecule has 5 nitrogen and oxygen atoms in total. The fourth-order valence-electron chi connectivity index (χ4n) is 2.24. The maximum atomic E-state index is 11.6. The lowest BCUT2D eigenvalue weighted by molar-refractivity contribution is 0.0600. The number of benzene rings is 2. The summed E-state index contributed by atoms with van der Waals surface area (Å²) in [6, 6.07) is 12.6. The van der Waals surface area contributed by atoms with E-state index in [2.05, 4.69) is 9.97 Å². The van der Waals surface area contributed by atoms with Crippen LogP contribution in [-0.2, 0) is 4.74 Å². The number of esters is 1. The first kappa shape index (κ1) is 14.0. The molecule has 0 saturated carbocycles. The highest BCUT2D eigenvalue weighted by Gasteiger charge is 2.11. The molecular weight excluding hydrogens is 280 g/mol. The molecule has 0 atom stereocenters. The first-order chi connectivity index (χ1) is 10.7. The summed E-state index contributed by atoms with van der Waals surface area (Å²) in [7, 11) is 1.34. The van der Waals surface area contributed by atoms with E-state index >= 15 is 0 Å². The number of carbonyl (C=O) groups is 1. The molecule has 22 heavy (non-hydrogen) atoms. The number of methoxy groups -OCH3 is 1. The summed E-state index contributed by atoms with van der Waals surface area (Å²) >= 11 is 0. The summed E-state index contributed by atoms with van der Waals surface area (Å²) in [5.74, 6) is 0.574. The van der Waals surface area contributed by atoms with Crippen molar-refractivity contribution in [1.82, 2.24) is 9.97 Å². The van der Waals surface area contributed by atoms with E-state index in [1.807, 2.05) is 25.1 Å². The Bertz CT molecular complexity index is 841. The molecule has 0 aliphatic heterocycles. The highest BCUT2D eigenvalue weighted by atomic mass is 16.5. The molecule has 2 aromatic carbocycles. The number of aryl methyl sites for hydroxylation is 1. The second kappa shape index (κ2) is 5.81. The lowest BCUT2D eigenvalue weighted by atomic mass is 10.1. The van der Waals surface area contributed by atoms with Gasteiger partial charge in [0.15, 0.2) is 0 Å². The largest absolute Gasteiger partial charge is 0.465 e. The highest BCUT2D eigenvalue weighted by molar-refractivity contribution is 5.90. The van der Waals surface area contributed by atoms with Gasteiger partial charge < -0.3 is 9.47 Å². The number of ether oxygens (including phenoxy) is 2. The fraction of sp³-hybridized carbons (Fsp3) is 0.118. The molecule has 3 rings (SSSR count). The van der Waals surface area contributed by atoms with Crippen molar-refractivity contribution >= 4 is 16.9 Å². The van der Waals surface area contributed by atoms with Gasteiger partial charge in [0.1, 0.15) is 12.1 Å². The van der Waals surface area contributed by atoms with E-state index in [0.717, 1.165) is 16.5 Å².